The summed E-state index contributed by atoms with van der Waals surface area (Å²) in [4.78, 5) is 12.3. The lowest BCUT2D eigenvalue weighted by Gasteiger charge is -2.31. The van der Waals surface area contributed by atoms with Crippen LogP contribution in [-0.2, 0) is 4.79 Å². The van der Waals surface area contributed by atoms with E-state index in [0.717, 1.165) is 22.4 Å². The van der Waals surface area contributed by atoms with E-state index in [1.807, 2.05) is 12.1 Å². The Bertz CT molecular complexity index is 995. The molecule has 0 aliphatic carbocycles. The van der Waals surface area contributed by atoms with Gasteiger partial charge >= 0.3 is 5.97 Å². The SMILES string of the molecule is COc1cc(/C=C/C(=O)Oc2ccc3c(c2)C(C)=CC(C)(C)N3)cc(OC)c1OC. The largest absolute Gasteiger partial charge is 0.493 e. The number of methoxy groups -OCH3 is 3. The third-order valence-corrected chi connectivity index (χ3v) is 4.77. The first-order valence-corrected chi connectivity index (χ1v) is 9.58. The Labute approximate surface area is 177 Å². The summed E-state index contributed by atoms with van der Waals surface area (Å²) >= 11 is 0. The molecule has 2 aromatic carbocycles. The van der Waals surface area contributed by atoms with Crippen LogP contribution >= 0.6 is 0 Å². The maximum Gasteiger partial charge on any atom is 0.336 e. The molecule has 3 rings (SSSR count). The molecule has 0 saturated heterocycles. The van der Waals surface area contributed by atoms with E-state index in [2.05, 4.69) is 32.2 Å². The molecule has 1 heterocycles. The van der Waals surface area contributed by atoms with Crippen molar-refractivity contribution in [1.82, 2.24) is 0 Å². The van der Waals surface area contributed by atoms with E-state index in [1.54, 1.807) is 45.6 Å². The number of nitrogens with one attached hydrogen (secondary N) is 1. The number of carbonyl (C=O) groups is 1. The van der Waals surface area contributed by atoms with Gasteiger partial charge in [-0.05, 0) is 68.3 Å². The first-order chi connectivity index (χ1) is 14.3. The maximum absolute atomic E-state index is 12.3. The van der Waals surface area contributed by atoms with Crippen LogP contribution in [0.1, 0.15) is 31.9 Å². The molecule has 0 spiro atoms. The zero-order chi connectivity index (χ0) is 21.9. The average Bonchev–Trinajstić information content (AvgIpc) is 2.71. The number of ether oxygens (including phenoxy) is 4. The molecule has 1 aliphatic rings. The van der Waals surface area contributed by atoms with E-state index < -0.39 is 5.97 Å². The summed E-state index contributed by atoms with van der Waals surface area (Å²) in [5, 5.41) is 3.46. The van der Waals surface area contributed by atoms with Gasteiger partial charge < -0.3 is 24.3 Å². The summed E-state index contributed by atoms with van der Waals surface area (Å²) in [5.74, 6) is 1.53. The summed E-state index contributed by atoms with van der Waals surface area (Å²) < 4.78 is 21.5. The van der Waals surface area contributed by atoms with Gasteiger partial charge in [-0.15, -0.1) is 0 Å². The van der Waals surface area contributed by atoms with Crippen LogP contribution in [0.5, 0.6) is 23.0 Å². The van der Waals surface area contributed by atoms with Gasteiger partial charge in [-0.25, -0.2) is 4.79 Å². The number of rotatable bonds is 6. The van der Waals surface area contributed by atoms with Gasteiger partial charge in [0.25, 0.3) is 0 Å². The molecule has 0 aromatic heterocycles. The van der Waals surface area contributed by atoms with Crippen molar-refractivity contribution in [3.8, 4) is 23.0 Å². The fourth-order valence-corrected chi connectivity index (χ4v) is 3.54. The van der Waals surface area contributed by atoms with Crippen LogP contribution < -0.4 is 24.3 Å². The molecule has 0 radical (unpaired) electrons. The number of hydrogen-bond acceptors (Lipinski definition) is 6. The third kappa shape index (κ3) is 4.59. The highest BCUT2D eigenvalue weighted by Crippen LogP contribution is 2.39. The summed E-state index contributed by atoms with van der Waals surface area (Å²) in [6, 6.07) is 9.09. The van der Waals surface area contributed by atoms with Crippen molar-refractivity contribution in [2.75, 3.05) is 26.6 Å². The Hall–Kier alpha value is -3.41. The summed E-state index contributed by atoms with van der Waals surface area (Å²) in [6.07, 6.45) is 5.16. The van der Waals surface area contributed by atoms with Crippen LogP contribution in [0.2, 0.25) is 0 Å². The molecule has 158 valence electrons. The number of fused-ring (bicyclic) bond motifs is 1. The van der Waals surface area contributed by atoms with Crippen LogP contribution in [0.4, 0.5) is 5.69 Å². The van der Waals surface area contributed by atoms with Gasteiger partial charge in [0.15, 0.2) is 11.5 Å². The van der Waals surface area contributed by atoms with E-state index in [4.69, 9.17) is 18.9 Å². The standard InChI is InChI=1S/C24H27NO5/c1-15-14-24(2,3)25-19-9-8-17(13-18(15)19)30-22(26)10-7-16-11-20(27-4)23(29-6)21(12-16)28-5/h7-14,25H,1-6H3/b10-7+. The van der Waals surface area contributed by atoms with Gasteiger partial charge in [-0.3, -0.25) is 0 Å². The minimum absolute atomic E-state index is 0.113. The van der Waals surface area contributed by atoms with Gasteiger partial charge in [0.05, 0.1) is 26.9 Å². The molecule has 0 fully saturated rings. The highest BCUT2D eigenvalue weighted by atomic mass is 16.5. The maximum atomic E-state index is 12.3. The number of carbonyl (C=O) groups excluding carboxylic acids is 1. The van der Waals surface area contributed by atoms with Crippen molar-refractivity contribution in [2.24, 2.45) is 0 Å². The fraction of sp³-hybridized carbons (Fsp3) is 0.292. The number of esters is 1. The second kappa shape index (κ2) is 8.53. The minimum atomic E-state index is -0.477. The Kier molecular flexibility index (Phi) is 6.06. The molecule has 1 aliphatic heterocycles. The summed E-state index contributed by atoms with van der Waals surface area (Å²) in [7, 11) is 4.63. The zero-order valence-electron chi connectivity index (χ0n) is 18.2. The van der Waals surface area contributed by atoms with Crippen molar-refractivity contribution >= 4 is 23.3 Å². The highest BCUT2D eigenvalue weighted by molar-refractivity contribution is 5.89. The van der Waals surface area contributed by atoms with Crippen LogP contribution in [0.3, 0.4) is 0 Å². The lowest BCUT2D eigenvalue weighted by atomic mass is 9.91. The molecular weight excluding hydrogens is 382 g/mol. The Morgan fingerprint density at radius 1 is 1.00 bits per heavy atom. The van der Waals surface area contributed by atoms with Gasteiger partial charge in [0, 0.05) is 17.3 Å². The highest BCUT2D eigenvalue weighted by Gasteiger charge is 2.22. The molecule has 0 bridgehead atoms. The van der Waals surface area contributed by atoms with Crippen molar-refractivity contribution in [3.63, 3.8) is 0 Å². The molecule has 0 atom stereocenters. The molecule has 0 saturated carbocycles. The van der Waals surface area contributed by atoms with Gasteiger partial charge in [-0.1, -0.05) is 6.08 Å². The van der Waals surface area contributed by atoms with Crippen molar-refractivity contribution < 1.29 is 23.7 Å². The first kappa shape index (κ1) is 21.3. The number of allylic oxidation sites excluding steroid dienone is 1. The van der Waals surface area contributed by atoms with E-state index >= 15 is 0 Å². The first-order valence-electron chi connectivity index (χ1n) is 9.58. The second-order valence-corrected chi connectivity index (χ2v) is 7.59. The van der Waals surface area contributed by atoms with Gasteiger partial charge in [-0.2, -0.15) is 0 Å². The molecule has 6 heteroatoms. The lowest BCUT2D eigenvalue weighted by Crippen LogP contribution is -2.31. The van der Waals surface area contributed by atoms with Crippen molar-refractivity contribution in [3.05, 3.63) is 53.6 Å². The Balaban J connectivity index is 1.77. The molecule has 6 nitrogen and oxygen atoms in total. The summed E-state index contributed by atoms with van der Waals surface area (Å²) in [6.45, 7) is 6.28. The van der Waals surface area contributed by atoms with Crippen molar-refractivity contribution in [1.29, 1.82) is 0 Å². The number of anilines is 1. The fourth-order valence-electron chi connectivity index (χ4n) is 3.54. The molecule has 0 amide bonds. The predicted molar refractivity (Wildman–Crippen MR) is 119 cm³/mol. The number of hydrogen-bond donors (Lipinski definition) is 1. The van der Waals surface area contributed by atoms with Gasteiger partial charge in [0.1, 0.15) is 5.75 Å². The van der Waals surface area contributed by atoms with Crippen LogP contribution in [-0.4, -0.2) is 32.8 Å². The minimum Gasteiger partial charge on any atom is -0.493 e. The van der Waals surface area contributed by atoms with E-state index in [9.17, 15) is 4.79 Å². The smallest absolute Gasteiger partial charge is 0.336 e. The van der Waals surface area contributed by atoms with Crippen LogP contribution in [0, 0.1) is 0 Å². The third-order valence-electron chi connectivity index (χ3n) is 4.77. The second-order valence-electron chi connectivity index (χ2n) is 7.59. The molecule has 30 heavy (non-hydrogen) atoms. The zero-order valence-corrected chi connectivity index (χ0v) is 18.2. The molecule has 1 N–H and O–H groups in total. The topological polar surface area (TPSA) is 66.0 Å². The monoisotopic (exact) mass is 409 g/mol. The van der Waals surface area contributed by atoms with Crippen molar-refractivity contribution in [2.45, 2.75) is 26.3 Å². The lowest BCUT2D eigenvalue weighted by molar-refractivity contribution is -0.128. The quantitative estimate of drug-likeness (QED) is 0.414. The summed E-state index contributed by atoms with van der Waals surface area (Å²) in [5.41, 5.74) is 3.79. The van der Waals surface area contributed by atoms with E-state index in [1.165, 1.54) is 6.08 Å². The molecule has 0 unspecified atom stereocenters. The average molecular weight is 409 g/mol. The van der Waals surface area contributed by atoms with E-state index in [0.29, 0.717) is 23.0 Å². The molecular formula is C24H27NO5. The van der Waals surface area contributed by atoms with Gasteiger partial charge in [0.2, 0.25) is 5.75 Å². The van der Waals surface area contributed by atoms with Crippen LogP contribution in [0.15, 0.2) is 42.5 Å². The predicted octanol–water partition coefficient (Wildman–Crippen LogP) is 4.94. The Morgan fingerprint density at radius 3 is 2.27 bits per heavy atom. The normalized spacial score (nSPS) is 14.4. The number of benzene rings is 2. The van der Waals surface area contributed by atoms with E-state index in [-0.39, 0.29) is 5.54 Å². The van der Waals surface area contributed by atoms with Crippen LogP contribution in [0.25, 0.3) is 11.6 Å². The molecule has 2 aromatic rings. The Morgan fingerprint density at radius 2 is 1.67 bits per heavy atom.